The Morgan fingerprint density at radius 2 is 1.79 bits per heavy atom. The van der Waals surface area contributed by atoms with Gasteiger partial charge in [-0.15, -0.1) is 0 Å². The number of halogens is 2. The highest BCUT2D eigenvalue weighted by Crippen LogP contribution is 2.53. The van der Waals surface area contributed by atoms with Crippen LogP contribution >= 0.6 is 23.2 Å². The van der Waals surface area contributed by atoms with Crippen molar-refractivity contribution in [1.82, 2.24) is 4.90 Å². The molecule has 0 bridgehead atoms. The number of likely N-dealkylation sites (tertiary alicyclic amines) is 1. The number of carbonyl (C=O) groups is 2. The summed E-state index contributed by atoms with van der Waals surface area (Å²) in [5.41, 5.74) is -0.546. The summed E-state index contributed by atoms with van der Waals surface area (Å²) in [5, 5.41) is 21.9. The number of hydrogen-bond donors (Lipinski definition) is 2. The van der Waals surface area contributed by atoms with Crippen LogP contribution in [0.2, 0.25) is 10.0 Å². The van der Waals surface area contributed by atoms with Crippen LogP contribution in [0, 0.1) is 5.41 Å². The van der Waals surface area contributed by atoms with Gasteiger partial charge in [-0.25, -0.2) is 0 Å². The van der Waals surface area contributed by atoms with E-state index in [-0.39, 0.29) is 18.2 Å². The molecule has 7 heteroatoms. The lowest BCUT2D eigenvalue weighted by molar-refractivity contribution is -0.167. The van der Waals surface area contributed by atoms with Crippen molar-refractivity contribution in [3.63, 3.8) is 0 Å². The maximum Gasteiger partial charge on any atom is 0.304 e. The average Bonchev–Trinajstić information content (AvgIpc) is 2.71. The van der Waals surface area contributed by atoms with E-state index in [0.717, 1.165) is 11.1 Å². The summed E-state index contributed by atoms with van der Waals surface area (Å²) in [7, 11) is 0. The average molecular weight is 492 g/mol. The second-order valence-electron chi connectivity index (χ2n) is 9.78. The van der Waals surface area contributed by atoms with Crippen molar-refractivity contribution in [2.45, 2.75) is 70.6 Å². The molecule has 1 aliphatic heterocycles. The van der Waals surface area contributed by atoms with Gasteiger partial charge in [0.25, 0.3) is 0 Å². The molecule has 4 atom stereocenters. The van der Waals surface area contributed by atoms with Gasteiger partial charge in [-0.05, 0) is 62.1 Å². The number of rotatable bonds is 7. The van der Waals surface area contributed by atoms with E-state index in [1.54, 1.807) is 43.9 Å². The van der Waals surface area contributed by atoms with Gasteiger partial charge in [0, 0.05) is 16.0 Å². The van der Waals surface area contributed by atoms with Crippen molar-refractivity contribution < 1.29 is 19.8 Å². The van der Waals surface area contributed by atoms with Crippen LogP contribution in [0.25, 0.3) is 0 Å². The molecule has 0 aliphatic carbocycles. The van der Waals surface area contributed by atoms with Gasteiger partial charge in [0.15, 0.2) is 0 Å². The smallest absolute Gasteiger partial charge is 0.304 e. The fourth-order valence-electron chi connectivity index (χ4n) is 5.26. The molecule has 1 fully saturated rings. The third-order valence-electron chi connectivity index (χ3n) is 6.67. The van der Waals surface area contributed by atoms with E-state index in [2.05, 4.69) is 0 Å². The first kappa shape index (κ1) is 25.5. The van der Waals surface area contributed by atoms with Crippen molar-refractivity contribution in [1.29, 1.82) is 0 Å². The molecule has 0 saturated carbocycles. The predicted octanol–water partition coefficient (Wildman–Crippen LogP) is 6.08. The minimum absolute atomic E-state index is 0.233. The van der Waals surface area contributed by atoms with E-state index in [4.69, 9.17) is 23.2 Å². The number of carbonyl (C=O) groups excluding carboxylic acids is 1. The quantitative estimate of drug-likeness (QED) is 0.491. The first-order valence-corrected chi connectivity index (χ1v) is 11.9. The van der Waals surface area contributed by atoms with Crippen LogP contribution in [0.1, 0.15) is 70.0 Å². The molecular formula is C26H31Cl2NO4. The minimum Gasteiger partial charge on any atom is -0.481 e. The van der Waals surface area contributed by atoms with Gasteiger partial charge in [0.1, 0.15) is 0 Å². The van der Waals surface area contributed by atoms with Gasteiger partial charge in [-0.1, -0.05) is 61.3 Å². The zero-order chi connectivity index (χ0) is 24.6. The van der Waals surface area contributed by atoms with Crippen molar-refractivity contribution in [2.75, 3.05) is 0 Å². The Morgan fingerprint density at radius 1 is 1.15 bits per heavy atom. The van der Waals surface area contributed by atoms with Crippen molar-refractivity contribution in [2.24, 2.45) is 5.41 Å². The topological polar surface area (TPSA) is 77.8 Å². The second-order valence-corrected chi connectivity index (χ2v) is 10.7. The highest BCUT2D eigenvalue weighted by molar-refractivity contribution is 6.30. The van der Waals surface area contributed by atoms with Crippen molar-refractivity contribution >= 4 is 35.1 Å². The summed E-state index contributed by atoms with van der Waals surface area (Å²) in [5.74, 6) is -1.53. The summed E-state index contributed by atoms with van der Waals surface area (Å²) in [6.45, 7) is 7.01. The van der Waals surface area contributed by atoms with Crippen LogP contribution in [0.4, 0.5) is 0 Å². The van der Waals surface area contributed by atoms with E-state index in [9.17, 15) is 19.8 Å². The summed E-state index contributed by atoms with van der Waals surface area (Å²) in [6.07, 6.45) is 0.546. The molecule has 1 aliphatic rings. The third-order valence-corrected chi connectivity index (χ3v) is 7.16. The van der Waals surface area contributed by atoms with Gasteiger partial charge in [-0.3, -0.25) is 9.59 Å². The van der Waals surface area contributed by atoms with E-state index >= 15 is 0 Å². The Labute approximate surface area is 205 Å². The molecule has 178 valence electrons. The Kier molecular flexibility index (Phi) is 7.47. The Hall–Kier alpha value is -2.08. The lowest BCUT2D eigenvalue weighted by atomic mass is 9.66. The van der Waals surface area contributed by atoms with E-state index in [1.807, 2.05) is 37.3 Å². The third kappa shape index (κ3) is 5.37. The molecule has 2 N–H and O–H groups in total. The SMILES string of the molecule is CCC(N1C(=O)[C@@](C)(CC(=O)O)C[C@H](c2cccc(Cl)c2)[C@H]1c1ccc(Cl)cc1)C(C)(C)O. The molecule has 0 aromatic heterocycles. The molecule has 1 amide bonds. The molecule has 1 unspecified atom stereocenters. The van der Waals surface area contributed by atoms with E-state index in [0.29, 0.717) is 22.9 Å². The number of hydrogen-bond acceptors (Lipinski definition) is 3. The van der Waals surface area contributed by atoms with Gasteiger partial charge in [0.2, 0.25) is 5.91 Å². The van der Waals surface area contributed by atoms with Crippen LogP contribution in [0.3, 0.4) is 0 Å². The lowest BCUT2D eigenvalue weighted by Crippen LogP contribution is -2.60. The van der Waals surface area contributed by atoms with Gasteiger partial charge in [-0.2, -0.15) is 0 Å². The number of carboxylic acids is 1. The molecule has 2 aromatic rings. The lowest BCUT2D eigenvalue weighted by Gasteiger charge is -2.54. The molecule has 33 heavy (non-hydrogen) atoms. The van der Waals surface area contributed by atoms with Crippen LogP contribution < -0.4 is 0 Å². The first-order chi connectivity index (χ1) is 15.4. The normalized spacial score (nSPS) is 24.6. The number of amides is 1. The standard InChI is InChI=1S/C26H31Cl2NO4/c1-5-21(25(2,3)33)29-23(16-9-11-18(27)12-10-16)20(17-7-6-8-19(28)13-17)14-26(4,24(29)32)15-22(30)31/h6-13,20-21,23,33H,5,14-15H2,1-4H3,(H,30,31)/t20-,21?,23-,26-/m1/s1. The fraction of sp³-hybridized carbons (Fsp3) is 0.462. The summed E-state index contributed by atoms with van der Waals surface area (Å²) in [6, 6.07) is 13.9. The largest absolute Gasteiger partial charge is 0.481 e. The highest BCUT2D eigenvalue weighted by Gasteiger charge is 2.54. The summed E-state index contributed by atoms with van der Waals surface area (Å²) < 4.78 is 0. The molecule has 1 heterocycles. The number of aliphatic hydroxyl groups is 1. The van der Waals surface area contributed by atoms with Crippen molar-refractivity contribution in [3.05, 3.63) is 69.7 Å². The monoisotopic (exact) mass is 491 g/mol. The molecule has 0 spiro atoms. The zero-order valence-corrected chi connectivity index (χ0v) is 20.9. The molecule has 2 aromatic carbocycles. The van der Waals surface area contributed by atoms with Gasteiger partial charge >= 0.3 is 5.97 Å². The molecule has 5 nitrogen and oxygen atoms in total. The van der Waals surface area contributed by atoms with E-state index < -0.39 is 29.1 Å². The maximum atomic E-state index is 14.0. The Balaban J connectivity index is 2.28. The van der Waals surface area contributed by atoms with E-state index in [1.165, 1.54) is 0 Å². The second kappa shape index (κ2) is 9.65. The van der Waals surface area contributed by atoms with Crippen molar-refractivity contribution in [3.8, 4) is 0 Å². The van der Waals surface area contributed by atoms with Crippen LogP contribution in [-0.2, 0) is 9.59 Å². The predicted molar refractivity (Wildman–Crippen MR) is 131 cm³/mol. The van der Waals surface area contributed by atoms with Gasteiger partial charge in [0.05, 0.1) is 29.5 Å². The Morgan fingerprint density at radius 3 is 2.30 bits per heavy atom. The number of carboxylic acid groups (broad SMARTS) is 1. The van der Waals surface area contributed by atoms with Crippen LogP contribution in [0.15, 0.2) is 48.5 Å². The molecular weight excluding hydrogens is 461 g/mol. The first-order valence-electron chi connectivity index (χ1n) is 11.1. The highest BCUT2D eigenvalue weighted by atomic mass is 35.5. The summed E-state index contributed by atoms with van der Waals surface area (Å²) >= 11 is 12.5. The van der Waals surface area contributed by atoms with Crippen LogP contribution in [0.5, 0.6) is 0 Å². The maximum absolute atomic E-state index is 14.0. The molecule has 3 rings (SSSR count). The molecule has 0 radical (unpaired) electrons. The minimum atomic E-state index is -1.20. The zero-order valence-electron chi connectivity index (χ0n) is 19.4. The van der Waals surface area contributed by atoms with Crippen LogP contribution in [-0.4, -0.2) is 38.6 Å². The van der Waals surface area contributed by atoms with Gasteiger partial charge < -0.3 is 15.1 Å². The number of nitrogens with zero attached hydrogens (tertiary/aromatic N) is 1. The number of piperidine rings is 1. The Bertz CT molecular complexity index is 1020. The molecule has 1 saturated heterocycles. The summed E-state index contributed by atoms with van der Waals surface area (Å²) in [4.78, 5) is 27.5. The fourth-order valence-corrected chi connectivity index (χ4v) is 5.58. The number of aliphatic carboxylic acids is 1. The number of benzene rings is 2.